The van der Waals surface area contributed by atoms with E-state index in [1.54, 1.807) is 32.0 Å². The van der Waals surface area contributed by atoms with Crippen LogP contribution in [0.5, 0.6) is 5.75 Å². The number of benzene rings is 1. The normalized spacial score (nSPS) is 11.6. The zero-order chi connectivity index (χ0) is 19.4. The van der Waals surface area contributed by atoms with E-state index in [2.05, 4.69) is 4.98 Å². The van der Waals surface area contributed by atoms with Crippen LogP contribution in [0.25, 0.3) is 0 Å². The van der Waals surface area contributed by atoms with Crippen LogP contribution >= 0.6 is 0 Å². The van der Waals surface area contributed by atoms with Gasteiger partial charge in [0.2, 0.25) is 5.78 Å². The average Bonchev–Trinajstić information content (AvgIpc) is 2.94. The third kappa shape index (κ3) is 3.77. The largest absolute Gasteiger partial charge is 0.497 e. The van der Waals surface area contributed by atoms with E-state index in [0.29, 0.717) is 22.6 Å². The molecule has 26 heavy (non-hydrogen) atoms. The topological polar surface area (TPSA) is 94.7 Å². The van der Waals surface area contributed by atoms with E-state index in [-0.39, 0.29) is 11.3 Å². The summed E-state index contributed by atoms with van der Waals surface area (Å²) in [6.45, 7) is 4.79. The van der Waals surface area contributed by atoms with Gasteiger partial charge >= 0.3 is 11.9 Å². The number of ether oxygens (including phenoxy) is 3. The number of esters is 2. The van der Waals surface area contributed by atoms with Gasteiger partial charge in [-0.3, -0.25) is 4.79 Å². The van der Waals surface area contributed by atoms with Crippen molar-refractivity contribution < 1.29 is 28.6 Å². The van der Waals surface area contributed by atoms with Crippen molar-refractivity contribution in [3.63, 3.8) is 0 Å². The Morgan fingerprint density at radius 2 is 1.77 bits per heavy atom. The Kier molecular flexibility index (Phi) is 5.82. The van der Waals surface area contributed by atoms with Crippen LogP contribution in [0.1, 0.15) is 49.4 Å². The molecule has 0 fully saturated rings. The average molecular weight is 359 g/mol. The first-order valence-electron chi connectivity index (χ1n) is 7.96. The molecule has 0 saturated carbocycles. The maximum absolute atomic E-state index is 12.6. The number of H-pyrrole nitrogens is 1. The van der Waals surface area contributed by atoms with Crippen molar-refractivity contribution in [2.24, 2.45) is 0 Å². The molecule has 1 atom stereocenters. The van der Waals surface area contributed by atoms with Crippen molar-refractivity contribution in [3.05, 3.63) is 52.3 Å². The van der Waals surface area contributed by atoms with Gasteiger partial charge in [-0.15, -0.1) is 0 Å². The van der Waals surface area contributed by atoms with Gasteiger partial charge in [-0.1, -0.05) is 6.07 Å². The molecule has 7 heteroatoms. The van der Waals surface area contributed by atoms with E-state index in [0.717, 1.165) is 0 Å². The number of hydrogen-bond donors (Lipinski definition) is 1. The molecule has 138 valence electrons. The molecule has 0 aliphatic heterocycles. The Bertz CT molecular complexity index is 852. The van der Waals surface area contributed by atoms with Gasteiger partial charge in [-0.2, -0.15) is 0 Å². The zero-order valence-corrected chi connectivity index (χ0v) is 15.3. The number of nitrogens with one attached hydrogen (secondary N) is 1. The number of aromatic amines is 1. The Morgan fingerprint density at radius 1 is 1.08 bits per heavy atom. The number of Topliss-reactive ketones (excluding diaryl/α,β-unsaturated/α-hetero) is 1. The molecule has 1 aromatic carbocycles. The van der Waals surface area contributed by atoms with Crippen LogP contribution in [0, 0.1) is 13.8 Å². The fraction of sp³-hybridized carbons (Fsp3) is 0.316. The lowest BCUT2D eigenvalue weighted by Crippen LogP contribution is -2.25. The Morgan fingerprint density at radius 3 is 2.38 bits per heavy atom. The molecule has 0 aliphatic rings. The fourth-order valence-corrected chi connectivity index (χ4v) is 2.64. The molecule has 1 unspecified atom stereocenters. The van der Waals surface area contributed by atoms with Gasteiger partial charge in [0.15, 0.2) is 6.10 Å². The first-order valence-corrected chi connectivity index (χ1v) is 7.96. The molecule has 0 bridgehead atoms. The number of ketones is 1. The molecular formula is C19H21NO6. The summed E-state index contributed by atoms with van der Waals surface area (Å²) in [4.78, 5) is 39.6. The molecule has 1 heterocycles. The second kappa shape index (κ2) is 7.86. The lowest BCUT2D eigenvalue weighted by molar-refractivity contribution is 0.0316. The predicted molar refractivity (Wildman–Crippen MR) is 93.8 cm³/mol. The first kappa shape index (κ1) is 19.2. The van der Waals surface area contributed by atoms with Gasteiger partial charge in [0, 0.05) is 5.69 Å². The summed E-state index contributed by atoms with van der Waals surface area (Å²) >= 11 is 0. The Hall–Kier alpha value is -3.09. The molecule has 0 radical (unpaired) electrons. The van der Waals surface area contributed by atoms with E-state index < -0.39 is 23.8 Å². The number of carbonyl (C=O) groups is 3. The van der Waals surface area contributed by atoms with E-state index in [9.17, 15) is 14.4 Å². The van der Waals surface area contributed by atoms with Crippen molar-refractivity contribution in [1.29, 1.82) is 0 Å². The minimum atomic E-state index is -1.03. The highest BCUT2D eigenvalue weighted by molar-refractivity contribution is 6.04. The molecule has 0 spiro atoms. The molecule has 1 N–H and O–H groups in total. The lowest BCUT2D eigenvalue weighted by Gasteiger charge is -2.12. The first-order chi connectivity index (χ1) is 12.3. The van der Waals surface area contributed by atoms with Gasteiger partial charge in [0.25, 0.3) is 0 Å². The predicted octanol–water partition coefficient (Wildman–Crippen LogP) is 2.85. The summed E-state index contributed by atoms with van der Waals surface area (Å²) in [6.07, 6.45) is -1.03. The number of aromatic nitrogens is 1. The third-order valence-corrected chi connectivity index (χ3v) is 4.03. The van der Waals surface area contributed by atoms with Crippen LogP contribution < -0.4 is 4.74 Å². The lowest BCUT2D eigenvalue weighted by atomic mass is 10.1. The number of rotatable bonds is 6. The van der Waals surface area contributed by atoms with Crippen molar-refractivity contribution >= 4 is 17.7 Å². The molecule has 7 nitrogen and oxygen atoms in total. The van der Waals surface area contributed by atoms with Crippen molar-refractivity contribution in [1.82, 2.24) is 4.98 Å². The minimum Gasteiger partial charge on any atom is -0.497 e. The molecule has 0 aliphatic carbocycles. The van der Waals surface area contributed by atoms with Gasteiger partial charge in [0.05, 0.1) is 31.0 Å². The van der Waals surface area contributed by atoms with Crippen LogP contribution in [-0.2, 0) is 9.47 Å². The van der Waals surface area contributed by atoms with E-state index in [1.807, 2.05) is 0 Å². The minimum absolute atomic E-state index is 0.217. The second-order valence-electron chi connectivity index (χ2n) is 5.76. The molecule has 1 aromatic heterocycles. The fourth-order valence-electron chi connectivity index (χ4n) is 2.64. The van der Waals surface area contributed by atoms with Gasteiger partial charge < -0.3 is 19.2 Å². The van der Waals surface area contributed by atoms with Crippen molar-refractivity contribution in [2.75, 3.05) is 14.2 Å². The number of methoxy groups -OCH3 is 2. The number of hydrogen-bond acceptors (Lipinski definition) is 6. The van der Waals surface area contributed by atoms with Crippen LogP contribution in [0.4, 0.5) is 0 Å². The highest BCUT2D eigenvalue weighted by atomic mass is 16.5. The smallest absolute Gasteiger partial charge is 0.339 e. The third-order valence-electron chi connectivity index (χ3n) is 4.03. The molecule has 2 rings (SSSR count). The van der Waals surface area contributed by atoms with Crippen LogP contribution in [-0.4, -0.2) is 43.0 Å². The highest BCUT2D eigenvalue weighted by Gasteiger charge is 2.27. The standard InChI is InChI=1S/C19H21NO6/c1-10-15(19(23)25-5)11(2)20-16(10)17(21)12(3)26-18(22)13-7-6-8-14(9-13)24-4/h6-9,12,20H,1-5H3. The highest BCUT2D eigenvalue weighted by Crippen LogP contribution is 2.21. The van der Waals surface area contributed by atoms with Gasteiger partial charge in [-0.25, -0.2) is 9.59 Å². The molecular weight excluding hydrogens is 338 g/mol. The SMILES string of the molecule is COC(=O)c1c(C)[nH]c(C(=O)C(C)OC(=O)c2cccc(OC)c2)c1C. The number of aryl methyl sites for hydroxylation is 1. The van der Waals surface area contributed by atoms with Crippen molar-refractivity contribution in [2.45, 2.75) is 26.9 Å². The maximum Gasteiger partial charge on any atom is 0.339 e. The van der Waals surface area contributed by atoms with Crippen LogP contribution in [0.15, 0.2) is 24.3 Å². The van der Waals surface area contributed by atoms with Gasteiger partial charge in [0.1, 0.15) is 5.75 Å². The monoisotopic (exact) mass is 359 g/mol. The summed E-state index contributed by atoms with van der Waals surface area (Å²) in [6, 6.07) is 6.45. The van der Waals surface area contributed by atoms with Crippen LogP contribution in [0.3, 0.4) is 0 Å². The van der Waals surface area contributed by atoms with E-state index in [4.69, 9.17) is 14.2 Å². The summed E-state index contributed by atoms with van der Waals surface area (Å²) < 4.78 is 15.1. The van der Waals surface area contributed by atoms with E-state index in [1.165, 1.54) is 27.2 Å². The second-order valence-corrected chi connectivity index (χ2v) is 5.76. The van der Waals surface area contributed by atoms with E-state index >= 15 is 0 Å². The molecule has 0 amide bonds. The maximum atomic E-state index is 12.6. The van der Waals surface area contributed by atoms with Gasteiger partial charge in [-0.05, 0) is 44.5 Å². The summed E-state index contributed by atoms with van der Waals surface area (Å²) in [7, 11) is 2.76. The summed E-state index contributed by atoms with van der Waals surface area (Å²) in [5, 5.41) is 0. The Labute approximate surface area is 151 Å². The van der Waals surface area contributed by atoms with Crippen molar-refractivity contribution in [3.8, 4) is 5.75 Å². The summed E-state index contributed by atoms with van der Waals surface area (Å²) in [5.74, 6) is -1.09. The zero-order valence-electron chi connectivity index (χ0n) is 15.3. The number of carbonyl (C=O) groups excluding carboxylic acids is 3. The van der Waals surface area contributed by atoms with Crippen LogP contribution in [0.2, 0.25) is 0 Å². The molecule has 0 saturated heterocycles. The quantitative estimate of drug-likeness (QED) is 0.629. The molecule has 2 aromatic rings. The summed E-state index contributed by atoms with van der Waals surface area (Å²) in [5.41, 5.74) is 1.78. The Balaban J connectivity index is 2.19.